The molecule has 2 rings (SSSR count). The predicted molar refractivity (Wildman–Crippen MR) is 113 cm³/mol. The summed E-state index contributed by atoms with van der Waals surface area (Å²) in [4.78, 5) is 19.8. The first-order valence-corrected chi connectivity index (χ1v) is 8.92. The maximum atomic E-state index is 11.8. The number of hydrogen-bond acceptors (Lipinski definition) is 4. The fraction of sp³-hybridized carbons (Fsp3) is 0.412. The van der Waals surface area contributed by atoms with Crippen molar-refractivity contribution in [3.63, 3.8) is 0 Å². The SMILES string of the molecule is CCNC(=NCCNC(=O)c1ccco1)N(C)CCc1cccs1.I. The van der Waals surface area contributed by atoms with Crippen molar-refractivity contribution >= 4 is 47.2 Å². The number of nitrogens with zero attached hydrogens (tertiary/aromatic N) is 2. The van der Waals surface area contributed by atoms with Gasteiger partial charge in [0, 0.05) is 31.6 Å². The molecule has 2 aromatic rings. The van der Waals surface area contributed by atoms with E-state index in [1.54, 1.807) is 23.5 Å². The van der Waals surface area contributed by atoms with Crippen LogP contribution in [0.5, 0.6) is 0 Å². The van der Waals surface area contributed by atoms with Crippen LogP contribution >= 0.6 is 35.3 Å². The van der Waals surface area contributed by atoms with Gasteiger partial charge in [0.25, 0.3) is 5.91 Å². The summed E-state index contributed by atoms with van der Waals surface area (Å²) in [6.45, 7) is 4.72. The van der Waals surface area contributed by atoms with Crippen LogP contribution in [-0.2, 0) is 6.42 Å². The van der Waals surface area contributed by atoms with Crippen molar-refractivity contribution in [2.45, 2.75) is 13.3 Å². The standard InChI is InChI=1S/C17H24N4O2S.HI/c1-3-18-17(21(2)11-8-14-6-5-13-24-14)20-10-9-19-16(22)15-7-4-12-23-15;/h4-7,12-13H,3,8-11H2,1-2H3,(H,18,20)(H,19,22);1H. The third kappa shape index (κ3) is 7.47. The van der Waals surface area contributed by atoms with Gasteiger partial charge in [0.05, 0.1) is 12.8 Å². The lowest BCUT2D eigenvalue weighted by Crippen LogP contribution is -2.40. The lowest BCUT2D eigenvalue weighted by atomic mass is 10.3. The summed E-state index contributed by atoms with van der Waals surface area (Å²) in [5.74, 6) is 0.950. The lowest BCUT2D eigenvalue weighted by molar-refractivity contribution is 0.0927. The Bertz CT molecular complexity index is 629. The van der Waals surface area contributed by atoms with E-state index >= 15 is 0 Å². The maximum Gasteiger partial charge on any atom is 0.287 e. The topological polar surface area (TPSA) is 69.9 Å². The second-order valence-electron chi connectivity index (χ2n) is 5.22. The number of thiophene rings is 1. The minimum atomic E-state index is -0.216. The van der Waals surface area contributed by atoms with Gasteiger partial charge in [0.15, 0.2) is 11.7 Å². The van der Waals surface area contributed by atoms with Crippen LogP contribution in [0.3, 0.4) is 0 Å². The molecule has 8 heteroatoms. The molecule has 2 heterocycles. The number of amides is 1. The minimum absolute atomic E-state index is 0. The summed E-state index contributed by atoms with van der Waals surface area (Å²) < 4.78 is 5.05. The number of guanidine groups is 1. The molecule has 0 saturated carbocycles. The highest BCUT2D eigenvalue weighted by molar-refractivity contribution is 14.0. The van der Waals surface area contributed by atoms with Gasteiger partial charge >= 0.3 is 0 Å². The largest absolute Gasteiger partial charge is 0.459 e. The van der Waals surface area contributed by atoms with Gasteiger partial charge in [-0.2, -0.15) is 0 Å². The number of likely N-dealkylation sites (N-methyl/N-ethyl adjacent to an activating group) is 1. The molecule has 0 radical (unpaired) electrons. The molecule has 2 aromatic heterocycles. The van der Waals surface area contributed by atoms with Crippen molar-refractivity contribution in [1.29, 1.82) is 0 Å². The first kappa shape index (κ1) is 21.5. The summed E-state index contributed by atoms with van der Waals surface area (Å²) >= 11 is 1.77. The van der Waals surface area contributed by atoms with Gasteiger partial charge in [-0.25, -0.2) is 0 Å². The summed E-state index contributed by atoms with van der Waals surface area (Å²) in [5.41, 5.74) is 0. The van der Waals surface area contributed by atoms with E-state index in [0.29, 0.717) is 18.8 Å². The van der Waals surface area contributed by atoms with Crippen LogP contribution in [0, 0.1) is 0 Å². The number of carbonyl (C=O) groups excluding carboxylic acids is 1. The van der Waals surface area contributed by atoms with Crippen LogP contribution in [0.2, 0.25) is 0 Å². The number of rotatable bonds is 8. The molecule has 138 valence electrons. The lowest BCUT2D eigenvalue weighted by Gasteiger charge is -2.21. The smallest absolute Gasteiger partial charge is 0.287 e. The molecule has 0 saturated heterocycles. The van der Waals surface area contributed by atoms with E-state index < -0.39 is 0 Å². The average Bonchev–Trinajstić information content (AvgIpc) is 3.28. The molecule has 0 aliphatic heterocycles. The van der Waals surface area contributed by atoms with E-state index in [9.17, 15) is 4.79 Å². The summed E-state index contributed by atoms with van der Waals surface area (Å²) in [5, 5.41) is 8.16. The fourth-order valence-electron chi connectivity index (χ4n) is 2.13. The van der Waals surface area contributed by atoms with E-state index in [4.69, 9.17) is 4.42 Å². The summed E-state index contributed by atoms with van der Waals surface area (Å²) in [6, 6.07) is 7.55. The Balaban J connectivity index is 0.00000312. The van der Waals surface area contributed by atoms with Crippen LogP contribution in [0.25, 0.3) is 0 Å². The van der Waals surface area contributed by atoms with Crippen molar-refractivity contribution in [2.24, 2.45) is 4.99 Å². The zero-order valence-corrected chi connectivity index (χ0v) is 17.7. The highest BCUT2D eigenvalue weighted by Crippen LogP contribution is 2.09. The van der Waals surface area contributed by atoms with E-state index in [1.165, 1.54) is 11.1 Å². The van der Waals surface area contributed by atoms with Gasteiger partial charge in [0.1, 0.15) is 0 Å². The number of hydrogen-bond donors (Lipinski definition) is 2. The third-order valence-corrected chi connectivity index (χ3v) is 4.31. The molecular formula is C17H25IN4O2S. The van der Waals surface area contributed by atoms with Crippen molar-refractivity contribution in [3.05, 3.63) is 46.5 Å². The first-order chi connectivity index (χ1) is 11.7. The van der Waals surface area contributed by atoms with Crippen LogP contribution in [0.4, 0.5) is 0 Å². The highest BCUT2D eigenvalue weighted by atomic mass is 127. The normalized spacial score (nSPS) is 10.9. The minimum Gasteiger partial charge on any atom is -0.459 e. The predicted octanol–water partition coefficient (Wildman–Crippen LogP) is 2.83. The molecule has 0 fully saturated rings. The number of nitrogens with one attached hydrogen (secondary N) is 2. The molecule has 0 aliphatic carbocycles. The van der Waals surface area contributed by atoms with Crippen LogP contribution < -0.4 is 10.6 Å². The van der Waals surface area contributed by atoms with Gasteiger partial charge in [-0.1, -0.05) is 6.07 Å². The molecule has 0 unspecified atom stereocenters. The monoisotopic (exact) mass is 476 g/mol. The Morgan fingerprint density at radius 3 is 2.80 bits per heavy atom. The van der Waals surface area contributed by atoms with Crippen LogP contribution in [0.1, 0.15) is 22.4 Å². The summed E-state index contributed by atoms with van der Waals surface area (Å²) in [6.07, 6.45) is 2.48. The van der Waals surface area contributed by atoms with Gasteiger partial charge < -0.3 is 20.0 Å². The Labute approximate surface area is 169 Å². The Kier molecular flexibility index (Phi) is 10.2. The zero-order chi connectivity index (χ0) is 17.2. The average molecular weight is 476 g/mol. The van der Waals surface area contributed by atoms with Crippen LogP contribution in [-0.4, -0.2) is 50.0 Å². The van der Waals surface area contributed by atoms with E-state index in [0.717, 1.165) is 25.5 Å². The van der Waals surface area contributed by atoms with Crippen molar-refractivity contribution in [1.82, 2.24) is 15.5 Å². The van der Waals surface area contributed by atoms with E-state index in [1.807, 2.05) is 14.0 Å². The first-order valence-electron chi connectivity index (χ1n) is 8.04. The molecule has 0 spiro atoms. The number of carbonyl (C=O) groups is 1. The second-order valence-corrected chi connectivity index (χ2v) is 6.25. The molecule has 0 aromatic carbocycles. The number of halogens is 1. The molecule has 1 amide bonds. The fourth-order valence-corrected chi connectivity index (χ4v) is 2.83. The molecule has 0 atom stereocenters. The molecular weight excluding hydrogens is 451 g/mol. The molecule has 6 nitrogen and oxygen atoms in total. The van der Waals surface area contributed by atoms with E-state index in [-0.39, 0.29) is 29.9 Å². The molecule has 2 N–H and O–H groups in total. The maximum absolute atomic E-state index is 11.8. The Morgan fingerprint density at radius 2 is 2.16 bits per heavy atom. The second kappa shape index (κ2) is 11.9. The zero-order valence-electron chi connectivity index (χ0n) is 14.5. The van der Waals surface area contributed by atoms with Crippen molar-refractivity contribution < 1.29 is 9.21 Å². The van der Waals surface area contributed by atoms with Gasteiger partial charge in [-0.15, -0.1) is 35.3 Å². The highest BCUT2D eigenvalue weighted by Gasteiger charge is 2.08. The number of aliphatic imine (C=N–C) groups is 1. The summed E-state index contributed by atoms with van der Waals surface area (Å²) in [7, 11) is 2.02. The Morgan fingerprint density at radius 1 is 1.32 bits per heavy atom. The van der Waals surface area contributed by atoms with E-state index in [2.05, 4.69) is 38.0 Å². The van der Waals surface area contributed by atoms with Gasteiger partial charge in [-0.05, 0) is 36.9 Å². The van der Waals surface area contributed by atoms with Crippen molar-refractivity contribution in [2.75, 3.05) is 33.2 Å². The molecule has 0 bridgehead atoms. The van der Waals surface area contributed by atoms with Crippen LogP contribution in [0.15, 0.2) is 45.3 Å². The Hall–Kier alpha value is -1.55. The molecule has 0 aliphatic rings. The van der Waals surface area contributed by atoms with Gasteiger partial charge in [-0.3, -0.25) is 9.79 Å². The third-order valence-electron chi connectivity index (χ3n) is 3.37. The molecule has 25 heavy (non-hydrogen) atoms. The van der Waals surface area contributed by atoms with Crippen molar-refractivity contribution in [3.8, 4) is 0 Å². The quantitative estimate of drug-likeness (QED) is 0.266. The van der Waals surface area contributed by atoms with Gasteiger partial charge in [0.2, 0.25) is 0 Å². The number of furan rings is 1.